The third kappa shape index (κ3) is 3.99. The normalized spacial score (nSPS) is 19.0. The number of aryl methyl sites for hydroxylation is 1. The van der Waals surface area contributed by atoms with Crippen LogP contribution in [0.2, 0.25) is 0 Å². The highest BCUT2D eigenvalue weighted by atomic mass is 16.5. The molecule has 0 bridgehead atoms. The average molecular weight is 400 g/mol. The molecule has 0 aromatic carbocycles. The van der Waals surface area contributed by atoms with Gasteiger partial charge in [-0.2, -0.15) is 10.2 Å². The number of hydrogen-bond acceptors (Lipinski definition) is 6. The van der Waals surface area contributed by atoms with Gasteiger partial charge in [0.05, 0.1) is 18.8 Å². The second-order valence-electron chi connectivity index (χ2n) is 7.91. The van der Waals surface area contributed by atoms with Crippen LogP contribution >= 0.6 is 0 Å². The van der Waals surface area contributed by atoms with Crippen molar-refractivity contribution in [2.24, 2.45) is 0 Å². The third-order valence-electron chi connectivity index (χ3n) is 5.51. The summed E-state index contributed by atoms with van der Waals surface area (Å²) in [6.45, 7) is 6.64. The van der Waals surface area contributed by atoms with Crippen LogP contribution in [0.3, 0.4) is 0 Å². The molecular weight excluding hydrogens is 372 g/mol. The highest BCUT2D eigenvalue weighted by Gasteiger charge is 2.27. The highest BCUT2D eigenvalue weighted by molar-refractivity contribution is 5.96. The fourth-order valence-corrected chi connectivity index (χ4v) is 3.98. The molecule has 1 saturated heterocycles. The lowest BCUT2D eigenvalue weighted by Gasteiger charge is -2.37. The van der Waals surface area contributed by atoms with Crippen molar-refractivity contribution in [1.29, 1.82) is 0 Å². The number of anilines is 1. The highest BCUT2D eigenvalue weighted by Crippen LogP contribution is 2.24. The fraction of sp³-hybridized carbons (Fsp3) is 0.600. The summed E-state index contributed by atoms with van der Waals surface area (Å²) in [5, 5.41) is 11.9. The van der Waals surface area contributed by atoms with E-state index in [0.29, 0.717) is 24.6 Å². The second kappa shape index (κ2) is 8.26. The maximum Gasteiger partial charge on any atom is 0.267 e. The number of piperidine rings is 1. The smallest absolute Gasteiger partial charge is 0.267 e. The predicted octanol–water partition coefficient (Wildman–Crippen LogP) is 1.59. The third-order valence-corrected chi connectivity index (χ3v) is 5.51. The Kier molecular flexibility index (Phi) is 5.55. The largest absolute Gasteiger partial charge is 0.477 e. The van der Waals surface area contributed by atoms with Crippen molar-refractivity contribution in [1.82, 2.24) is 24.9 Å². The lowest BCUT2D eigenvalue weighted by Crippen LogP contribution is -2.47. The number of rotatable bonds is 5. The summed E-state index contributed by atoms with van der Waals surface area (Å²) in [5.41, 5.74) is 0.384. The van der Waals surface area contributed by atoms with E-state index >= 15 is 0 Å². The summed E-state index contributed by atoms with van der Waals surface area (Å²) in [7, 11) is 0. The van der Waals surface area contributed by atoms with Gasteiger partial charge in [0.15, 0.2) is 0 Å². The number of carbonyl (C=O) groups excluding carboxylic acids is 1. The van der Waals surface area contributed by atoms with E-state index in [9.17, 15) is 9.59 Å². The number of fused-ring (bicyclic) bond motifs is 1. The maximum absolute atomic E-state index is 12.7. The van der Waals surface area contributed by atoms with Gasteiger partial charge in [-0.3, -0.25) is 9.59 Å². The molecule has 2 aliphatic heterocycles. The van der Waals surface area contributed by atoms with Gasteiger partial charge in [0.1, 0.15) is 11.4 Å². The Balaban J connectivity index is 1.47. The molecule has 156 valence electrons. The summed E-state index contributed by atoms with van der Waals surface area (Å²) in [5.74, 6) is 1.17. The summed E-state index contributed by atoms with van der Waals surface area (Å²) in [6, 6.07) is 3.48. The standard InChI is InChI=1S/C20H28N6O3/c1-14(2)26-18(27)8-7-17(23-26)24-9-4-3-6-15(24)12-21-19(28)16-13-22-25-10-5-11-29-20(16)25/h7-8,13-15H,3-6,9-12H2,1-2H3,(H,21,28). The van der Waals surface area contributed by atoms with Crippen molar-refractivity contribution in [2.75, 3.05) is 24.6 Å². The lowest BCUT2D eigenvalue weighted by molar-refractivity contribution is 0.0943. The Morgan fingerprint density at radius 1 is 1.28 bits per heavy atom. The van der Waals surface area contributed by atoms with Crippen LogP contribution in [0, 0.1) is 0 Å². The average Bonchev–Trinajstić information content (AvgIpc) is 3.17. The number of ether oxygens (including phenoxy) is 1. The van der Waals surface area contributed by atoms with Crippen LogP contribution in [0.4, 0.5) is 5.82 Å². The molecule has 1 amide bonds. The molecule has 2 aliphatic rings. The van der Waals surface area contributed by atoms with Gasteiger partial charge in [-0.1, -0.05) is 0 Å². The van der Waals surface area contributed by atoms with E-state index in [1.54, 1.807) is 23.0 Å². The van der Waals surface area contributed by atoms with Gasteiger partial charge in [-0.05, 0) is 39.2 Å². The monoisotopic (exact) mass is 400 g/mol. The van der Waals surface area contributed by atoms with E-state index in [4.69, 9.17) is 4.74 Å². The van der Waals surface area contributed by atoms with Gasteiger partial charge < -0.3 is 15.0 Å². The molecule has 4 heterocycles. The van der Waals surface area contributed by atoms with Gasteiger partial charge in [0.25, 0.3) is 11.5 Å². The maximum atomic E-state index is 12.7. The van der Waals surface area contributed by atoms with E-state index in [1.807, 2.05) is 13.8 Å². The van der Waals surface area contributed by atoms with Crippen LogP contribution < -0.4 is 20.5 Å². The first-order valence-corrected chi connectivity index (χ1v) is 10.4. The molecule has 0 radical (unpaired) electrons. The molecule has 9 nitrogen and oxygen atoms in total. The lowest BCUT2D eigenvalue weighted by atomic mass is 10.0. The minimum absolute atomic E-state index is 0.00101. The Morgan fingerprint density at radius 2 is 2.14 bits per heavy atom. The van der Waals surface area contributed by atoms with E-state index in [0.717, 1.165) is 44.6 Å². The summed E-state index contributed by atoms with van der Waals surface area (Å²) < 4.78 is 8.88. The molecule has 1 unspecified atom stereocenters. The minimum atomic E-state index is -0.168. The van der Waals surface area contributed by atoms with Gasteiger partial charge in [-0.25, -0.2) is 9.36 Å². The van der Waals surface area contributed by atoms with Crippen molar-refractivity contribution in [3.05, 3.63) is 34.2 Å². The van der Waals surface area contributed by atoms with Gasteiger partial charge in [-0.15, -0.1) is 0 Å². The number of hydrogen-bond donors (Lipinski definition) is 1. The Hall–Kier alpha value is -2.84. The van der Waals surface area contributed by atoms with Gasteiger partial charge in [0, 0.05) is 38.2 Å². The van der Waals surface area contributed by atoms with Crippen LogP contribution in [-0.2, 0) is 6.54 Å². The molecule has 2 aromatic rings. The van der Waals surface area contributed by atoms with Crippen molar-refractivity contribution in [3.63, 3.8) is 0 Å². The zero-order valence-corrected chi connectivity index (χ0v) is 17.0. The van der Waals surface area contributed by atoms with Crippen LogP contribution in [-0.4, -0.2) is 51.2 Å². The minimum Gasteiger partial charge on any atom is -0.477 e. The first-order valence-electron chi connectivity index (χ1n) is 10.4. The number of nitrogens with zero attached hydrogens (tertiary/aromatic N) is 5. The van der Waals surface area contributed by atoms with Crippen LogP contribution in [0.15, 0.2) is 23.1 Å². The molecule has 4 rings (SSSR count). The summed E-state index contributed by atoms with van der Waals surface area (Å²) in [6.07, 6.45) is 5.61. The van der Waals surface area contributed by atoms with E-state index in [-0.39, 0.29) is 23.6 Å². The van der Waals surface area contributed by atoms with Crippen LogP contribution in [0.1, 0.15) is 55.9 Å². The Bertz CT molecular complexity index is 935. The van der Waals surface area contributed by atoms with Crippen LogP contribution in [0.25, 0.3) is 0 Å². The first kappa shape index (κ1) is 19.5. The predicted molar refractivity (Wildman–Crippen MR) is 109 cm³/mol. The van der Waals surface area contributed by atoms with Crippen molar-refractivity contribution < 1.29 is 9.53 Å². The SMILES string of the molecule is CC(C)n1nc(N2CCCCC2CNC(=O)c2cnn3c2OCCC3)ccc1=O. The summed E-state index contributed by atoms with van der Waals surface area (Å²) >= 11 is 0. The topological polar surface area (TPSA) is 94.3 Å². The van der Waals surface area contributed by atoms with E-state index < -0.39 is 0 Å². The first-order chi connectivity index (χ1) is 14.0. The second-order valence-corrected chi connectivity index (χ2v) is 7.91. The quantitative estimate of drug-likeness (QED) is 0.819. The molecular formula is C20H28N6O3. The van der Waals surface area contributed by atoms with Crippen LogP contribution in [0.5, 0.6) is 5.88 Å². The Labute approximate surface area is 169 Å². The molecule has 9 heteroatoms. The van der Waals surface area contributed by atoms with Gasteiger partial charge >= 0.3 is 0 Å². The number of carbonyl (C=O) groups is 1. The molecule has 0 spiro atoms. The van der Waals surface area contributed by atoms with Crippen molar-refractivity contribution in [3.8, 4) is 5.88 Å². The molecule has 0 aliphatic carbocycles. The van der Waals surface area contributed by atoms with E-state index in [2.05, 4.69) is 20.4 Å². The number of aromatic nitrogens is 4. The zero-order chi connectivity index (χ0) is 20.4. The number of nitrogens with one attached hydrogen (secondary N) is 1. The van der Waals surface area contributed by atoms with Crippen molar-refractivity contribution in [2.45, 2.75) is 58.2 Å². The fourth-order valence-electron chi connectivity index (χ4n) is 3.98. The summed E-state index contributed by atoms with van der Waals surface area (Å²) in [4.78, 5) is 27.0. The number of amides is 1. The zero-order valence-electron chi connectivity index (χ0n) is 17.0. The molecule has 1 N–H and O–H groups in total. The molecule has 29 heavy (non-hydrogen) atoms. The molecule has 2 aromatic heterocycles. The van der Waals surface area contributed by atoms with E-state index in [1.165, 1.54) is 4.68 Å². The molecule has 0 saturated carbocycles. The van der Waals surface area contributed by atoms with Crippen molar-refractivity contribution >= 4 is 11.7 Å². The molecule has 1 fully saturated rings. The Morgan fingerprint density at radius 3 is 2.97 bits per heavy atom. The molecule has 1 atom stereocenters. The van der Waals surface area contributed by atoms with Gasteiger partial charge in [0.2, 0.25) is 5.88 Å².